The third-order valence-corrected chi connectivity index (χ3v) is 5.37. The fourth-order valence-electron chi connectivity index (χ4n) is 3.69. The summed E-state index contributed by atoms with van der Waals surface area (Å²) < 4.78 is 20.2. The number of allylic oxidation sites excluding steroid dienone is 1. The molecule has 0 radical (unpaired) electrons. The highest BCUT2D eigenvalue weighted by Crippen LogP contribution is 2.29. The van der Waals surface area contributed by atoms with E-state index in [1.807, 2.05) is 43.3 Å². The van der Waals surface area contributed by atoms with E-state index in [0.717, 1.165) is 30.8 Å². The van der Waals surface area contributed by atoms with Crippen LogP contribution in [0.2, 0.25) is 0 Å². The average Bonchev–Trinajstić information content (AvgIpc) is 3.17. The van der Waals surface area contributed by atoms with Crippen LogP contribution in [0.1, 0.15) is 19.4 Å². The van der Waals surface area contributed by atoms with E-state index in [-0.39, 0.29) is 19.0 Å². The van der Waals surface area contributed by atoms with E-state index in [0.29, 0.717) is 11.3 Å². The SMILES string of the molecule is C=CCN(C/C=C/C)Cc1ccc(-c2ccc(N3C[C@H](CNC(C)=O)OC3=O)cc2F)cc1. The summed E-state index contributed by atoms with van der Waals surface area (Å²) >= 11 is 0. The molecule has 2 amide bonds. The largest absolute Gasteiger partial charge is 0.442 e. The molecule has 1 aliphatic rings. The van der Waals surface area contributed by atoms with E-state index in [2.05, 4.69) is 22.9 Å². The highest BCUT2D eigenvalue weighted by atomic mass is 19.1. The van der Waals surface area contributed by atoms with Gasteiger partial charge in [0.05, 0.1) is 18.8 Å². The van der Waals surface area contributed by atoms with Crippen molar-refractivity contribution in [2.45, 2.75) is 26.5 Å². The van der Waals surface area contributed by atoms with Crippen molar-refractivity contribution in [3.63, 3.8) is 0 Å². The van der Waals surface area contributed by atoms with Crippen LogP contribution in [0.5, 0.6) is 0 Å². The van der Waals surface area contributed by atoms with Crippen molar-refractivity contribution in [3.05, 3.63) is 78.7 Å². The Hall–Kier alpha value is -3.45. The molecule has 3 rings (SSSR count). The first-order valence-corrected chi connectivity index (χ1v) is 11.0. The summed E-state index contributed by atoms with van der Waals surface area (Å²) in [5.74, 6) is -0.614. The van der Waals surface area contributed by atoms with Gasteiger partial charge in [-0.1, -0.05) is 42.5 Å². The maximum atomic E-state index is 15.0. The molecule has 0 spiro atoms. The molecule has 1 heterocycles. The zero-order valence-electron chi connectivity index (χ0n) is 19.1. The molecule has 6 nitrogen and oxygen atoms in total. The third kappa shape index (κ3) is 6.52. The van der Waals surface area contributed by atoms with Crippen LogP contribution in [0.25, 0.3) is 11.1 Å². The number of rotatable bonds is 10. The van der Waals surface area contributed by atoms with Crippen molar-refractivity contribution >= 4 is 17.7 Å². The zero-order chi connectivity index (χ0) is 23.8. The lowest BCUT2D eigenvalue weighted by molar-refractivity contribution is -0.119. The maximum absolute atomic E-state index is 15.0. The van der Waals surface area contributed by atoms with Crippen LogP contribution in [0, 0.1) is 5.82 Å². The number of nitrogens with one attached hydrogen (secondary N) is 1. The van der Waals surface area contributed by atoms with Crippen LogP contribution < -0.4 is 10.2 Å². The quantitative estimate of drug-likeness (QED) is 0.540. The second-order valence-corrected chi connectivity index (χ2v) is 7.97. The number of carbonyl (C=O) groups is 2. The van der Waals surface area contributed by atoms with Crippen molar-refractivity contribution in [1.29, 1.82) is 0 Å². The van der Waals surface area contributed by atoms with Crippen LogP contribution in [-0.4, -0.2) is 49.2 Å². The molecule has 1 N–H and O–H groups in total. The Balaban J connectivity index is 1.69. The number of anilines is 1. The van der Waals surface area contributed by atoms with Crippen LogP contribution in [0.4, 0.5) is 14.9 Å². The first-order chi connectivity index (χ1) is 15.9. The molecule has 1 saturated heterocycles. The molecule has 7 heteroatoms. The number of hydrogen-bond acceptors (Lipinski definition) is 4. The number of hydrogen-bond donors (Lipinski definition) is 1. The lowest BCUT2D eigenvalue weighted by Crippen LogP contribution is -2.33. The Morgan fingerprint density at radius 3 is 2.67 bits per heavy atom. The van der Waals surface area contributed by atoms with E-state index in [1.165, 1.54) is 17.9 Å². The van der Waals surface area contributed by atoms with Gasteiger partial charge in [-0.2, -0.15) is 0 Å². The van der Waals surface area contributed by atoms with E-state index < -0.39 is 18.0 Å². The molecule has 2 aromatic rings. The smallest absolute Gasteiger partial charge is 0.414 e. The van der Waals surface area contributed by atoms with Gasteiger partial charge in [-0.15, -0.1) is 6.58 Å². The second kappa shape index (κ2) is 11.4. The number of halogens is 1. The second-order valence-electron chi connectivity index (χ2n) is 7.97. The summed E-state index contributed by atoms with van der Waals surface area (Å²) in [7, 11) is 0. The van der Waals surface area contributed by atoms with Crippen molar-refractivity contribution in [2.24, 2.45) is 0 Å². The normalized spacial score (nSPS) is 15.8. The van der Waals surface area contributed by atoms with E-state index in [1.54, 1.807) is 12.1 Å². The topological polar surface area (TPSA) is 61.9 Å². The molecule has 0 saturated carbocycles. The minimum atomic E-state index is -0.552. The number of amides is 2. The number of benzene rings is 2. The monoisotopic (exact) mass is 451 g/mol. The van der Waals surface area contributed by atoms with Crippen LogP contribution in [0.15, 0.2) is 67.3 Å². The molecule has 33 heavy (non-hydrogen) atoms. The molecule has 1 fully saturated rings. The molecule has 174 valence electrons. The number of nitrogens with zero attached hydrogens (tertiary/aromatic N) is 2. The maximum Gasteiger partial charge on any atom is 0.414 e. The predicted octanol–water partition coefficient (Wildman–Crippen LogP) is 4.52. The molecule has 2 aromatic carbocycles. The van der Waals surface area contributed by atoms with Crippen molar-refractivity contribution in [1.82, 2.24) is 10.2 Å². The molecule has 0 bridgehead atoms. The fraction of sp³-hybridized carbons (Fsp3) is 0.308. The summed E-state index contributed by atoms with van der Waals surface area (Å²) in [6.07, 6.45) is 4.99. The summed E-state index contributed by atoms with van der Waals surface area (Å²) in [5, 5.41) is 2.63. The molecule has 1 atom stereocenters. The standard InChI is InChI=1S/C26H30FN3O3/c1-4-6-14-29(13-5-2)17-20-7-9-21(10-8-20)24-12-11-22(15-25(24)27)30-18-23(33-26(30)32)16-28-19(3)31/h4-12,15,23H,2,13-14,16-18H2,1,3H3,(H,28,31)/b6-4+/t23-/m0/s1. The Kier molecular flexibility index (Phi) is 8.38. The van der Waals surface area contributed by atoms with Gasteiger partial charge in [0, 0.05) is 32.1 Å². The van der Waals surface area contributed by atoms with E-state index in [9.17, 15) is 14.0 Å². The van der Waals surface area contributed by atoms with Crippen molar-refractivity contribution in [3.8, 4) is 11.1 Å². The summed E-state index contributed by atoms with van der Waals surface area (Å²) in [6.45, 7) is 10.1. The number of ether oxygens (including phenoxy) is 1. The van der Waals surface area contributed by atoms with Gasteiger partial charge in [-0.25, -0.2) is 9.18 Å². The average molecular weight is 452 g/mol. The highest BCUT2D eigenvalue weighted by molar-refractivity contribution is 5.90. The van der Waals surface area contributed by atoms with Gasteiger partial charge in [0.25, 0.3) is 0 Å². The fourth-order valence-corrected chi connectivity index (χ4v) is 3.69. The summed E-state index contributed by atoms with van der Waals surface area (Å²) in [5.41, 5.74) is 2.78. The van der Waals surface area contributed by atoms with Crippen LogP contribution in [-0.2, 0) is 16.1 Å². The predicted molar refractivity (Wildman–Crippen MR) is 128 cm³/mol. The lowest BCUT2D eigenvalue weighted by Gasteiger charge is -2.19. The van der Waals surface area contributed by atoms with Gasteiger partial charge in [0.2, 0.25) is 5.91 Å². The Morgan fingerprint density at radius 2 is 2.03 bits per heavy atom. The van der Waals surface area contributed by atoms with Gasteiger partial charge in [-0.3, -0.25) is 14.6 Å². The zero-order valence-corrected chi connectivity index (χ0v) is 19.1. The van der Waals surface area contributed by atoms with E-state index >= 15 is 0 Å². The molecule has 0 aliphatic carbocycles. The van der Waals surface area contributed by atoms with Gasteiger partial charge in [0.1, 0.15) is 11.9 Å². The highest BCUT2D eigenvalue weighted by Gasteiger charge is 2.32. The third-order valence-electron chi connectivity index (χ3n) is 5.37. The van der Waals surface area contributed by atoms with Gasteiger partial charge in [-0.05, 0) is 36.2 Å². The molecule has 0 unspecified atom stereocenters. The summed E-state index contributed by atoms with van der Waals surface area (Å²) in [4.78, 5) is 26.9. The van der Waals surface area contributed by atoms with Crippen LogP contribution >= 0.6 is 0 Å². The molecule has 1 aliphatic heterocycles. The van der Waals surface area contributed by atoms with Gasteiger partial charge in [0.15, 0.2) is 0 Å². The minimum Gasteiger partial charge on any atom is -0.442 e. The minimum absolute atomic E-state index is 0.197. The molecular formula is C26H30FN3O3. The van der Waals surface area contributed by atoms with Crippen molar-refractivity contribution < 1.29 is 18.7 Å². The lowest BCUT2D eigenvalue weighted by atomic mass is 10.0. The van der Waals surface area contributed by atoms with E-state index in [4.69, 9.17) is 4.74 Å². The number of carbonyl (C=O) groups excluding carboxylic acids is 2. The molecule has 0 aromatic heterocycles. The van der Waals surface area contributed by atoms with Crippen LogP contribution in [0.3, 0.4) is 0 Å². The number of cyclic esters (lactones) is 1. The molecular weight excluding hydrogens is 421 g/mol. The Labute approximate surface area is 194 Å². The van der Waals surface area contributed by atoms with Crippen molar-refractivity contribution in [2.75, 3.05) is 31.1 Å². The summed E-state index contributed by atoms with van der Waals surface area (Å²) in [6, 6.07) is 12.5. The Bertz CT molecular complexity index is 1020. The first kappa shape index (κ1) is 24.2. The first-order valence-electron chi connectivity index (χ1n) is 11.0. The van der Waals surface area contributed by atoms with Gasteiger partial charge < -0.3 is 10.1 Å². The Morgan fingerprint density at radius 1 is 1.27 bits per heavy atom. The van der Waals surface area contributed by atoms with Gasteiger partial charge >= 0.3 is 6.09 Å².